The zero-order valence-electron chi connectivity index (χ0n) is 22.7. The lowest BCUT2D eigenvalue weighted by Gasteiger charge is -2.32. The number of urea groups is 1. The van der Waals surface area contributed by atoms with E-state index < -0.39 is 0 Å². The predicted octanol–water partition coefficient (Wildman–Crippen LogP) is 4.24. The predicted molar refractivity (Wildman–Crippen MR) is 156 cm³/mol. The highest BCUT2D eigenvalue weighted by Gasteiger charge is 2.26. The van der Waals surface area contributed by atoms with Crippen LogP contribution in [0.4, 0.5) is 21.0 Å². The second kappa shape index (κ2) is 12.3. The quantitative estimate of drug-likeness (QED) is 0.366. The van der Waals surface area contributed by atoms with E-state index >= 15 is 0 Å². The van der Waals surface area contributed by atoms with Crippen molar-refractivity contribution in [2.75, 3.05) is 62.7 Å². The van der Waals surface area contributed by atoms with Gasteiger partial charge in [0.15, 0.2) is 17.0 Å². The number of ether oxygens (including phenoxy) is 1. The number of imidazole rings is 1. The molecule has 2 saturated heterocycles. The van der Waals surface area contributed by atoms with Crippen LogP contribution in [0.2, 0.25) is 5.02 Å². The standard InChI is InChI=1S/C29H32ClFN8O2/c30-24-5-2-1-4-22(24)19-39-20-33-25-26(32-18-21-6-8-23(31)9-7-21)34-28(35-27(25)39)36-10-3-11-37(13-12-36)29(40)38-14-16-41-17-15-38/h1-2,4-9,20H,3,10-19H2,(H,32,34,35). The van der Waals surface area contributed by atoms with Crippen LogP contribution in [-0.4, -0.2) is 87.8 Å². The number of hydrogen-bond donors (Lipinski definition) is 1. The third-order valence-corrected chi connectivity index (χ3v) is 7.82. The van der Waals surface area contributed by atoms with E-state index in [0.717, 1.165) is 17.5 Å². The number of halogens is 2. The van der Waals surface area contributed by atoms with Crippen molar-refractivity contribution in [1.82, 2.24) is 29.3 Å². The van der Waals surface area contributed by atoms with Gasteiger partial charge in [-0.3, -0.25) is 0 Å². The summed E-state index contributed by atoms with van der Waals surface area (Å²) in [6.45, 7) is 5.94. The van der Waals surface area contributed by atoms with Gasteiger partial charge in [-0.05, 0) is 35.7 Å². The zero-order chi connectivity index (χ0) is 28.2. The summed E-state index contributed by atoms with van der Waals surface area (Å²) in [6, 6.07) is 14.1. The van der Waals surface area contributed by atoms with E-state index in [1.807, 2.05) is 38.6 Å². The first-order valence-corrected chi connectivity index (χ1v) is 14.2. The molecule has 1 N–H and O–H groups in total. The van der Waals surface area contributed by atoms with Gasteiger partial charge < -0.3 is 29.3 Å². The van der Waals surface area contributed by atoms with E-state index in [1.165, 1.54) is 12.1 Å². The number of rotatable bonds is 6. The molecule has 4 aromatic rings. The minimum absolute atomic E-state index is 0.0611. The fourth-order valence-electron chi connectivity index (χ4n) is 5.17. The highest BCUT2D eigenvalue weighted by atomic mass is 35.5. The Morgan fingerprint density at radius 3 is 2.54 bits per heavy atom. The van der Waals surface area contributed by atoms with Gasteiger partial charge in [0.05, 0.1) is 26.1 Å². The van der Waals surface area contributed by atoms with Gasteiger partial charge in [0, 0.05) is 50.8 Å². The first-order chi connectivity index (χ1) is 20.0. The summed E-state index contributed by atoms with van der Waals surface area (Å²) in [5.74, 6) is 0.888. The molecule has 214 valence electrons. The van der Waals surface area contributed by atoms with Crippen LogP contribution in [0.5, 0.6) is 0 Å². The van der Waals surface area contributed by atoms with Crippen molar-refractivity contribution in [2.45, 2.75) is 19.5 Å². The van der Waals surface area contributed by atoms with Crippen molar-refractivity contribution in [2.24, 2.45) is 0 Å². The van der Waals surface area contributed by atoms with Crippen molar-refractivity contribution in [3.05, 3.63) is 76.8 Å². The largest absolute Gasteiger partial charge is 0.378 e. The maximum Gasteiger partial charge on any atom is 0.320 e. The number of nitrogens with zero attached hydrogens (tertiary/aromatic N) is 7. The molecule has 2 fully saturated rings. The highest BCUT2D eigenvalue weighted by molar-refractivity contribution is 6.31. The molecule has 0 aliphatic carbocycles. The fourth-order valence-corrected chi connectivity index (χ4v) is 5.37. The molecule has 2 aromatic carbocycles. The molecule has 0 unspecified atom stereocenters. The first-order valence-electron chi connectivity index (χ1n) is 13.9. The second-order valence-corrected chi connectivity index (χ2v) is 10.6. The molecule has 6 rings (SSSR count). The van der Waals surface area contributed by atoms with Gasteiger partial charge in [-0.2, -0.15) is 9.97 Å². The molecule has 41 heavy (non-hydrogen) atoms. The molecule has 10 nitrogen and oxygen atoms in total. The molecule has 2 amide bonds. The molecule has 2 aliphatic rings. The lowest BCUT2D eigenvalue weighted by atomic mass is 10.2. The molecule has 0 bridgehead atoms. The fraction of sp³-hybridized carbons (Fsp3) is 0.379. The number of nitrogens with one attached hydrogen (secondary N) is 1. The third kappa shape index (κ3) is 6.20. The molecule has 0 radical (unpaired) electrons. The number of aromatic nitrogens is 4. The SMILES string of the molecule is O=C(N1CCOCC1)N1CCCN(c2nc(NCc3ccc(F)cc3)c3ncn(Cc4ccccc4Cl)c3n2)CC1. The van der Waals surface area contributed by atoms with Gasteiger partial charge >= 0.3 is 6.03 Å². The molecule has 0 spiro atoms. The third-order valence-electron chi connectivity index (χ3n) is 7.45. The average molecular weight is 579 g/mol. The summed E-state index contributed by atoms with van der Waals surface area (Å²) in [6.07, 6.45) is 2.55. The minimum atomic E-state index is -0.277. The molecule has 0 saturated carbocycles. The smallest absolute Gasteiger partial charge is 0.320 e. The van der Waals surface area contributed by atoms with E-state index in [0.29, 0.717) is 93.5 Å². The van der Waals surface area contributed by atoms with Crippen LogP contribution < -0.4 is 10.2 Å². The first kappa shape index (κ1) is 27.2. The number of anilines is 2. The van der Waals surface area contributed by atoms with Gasteiger partial charge in [0.1, 0.15) is 5.82 Å². The van der Waals surface area contributed by atoms with Crippen molar-refractivity contribution >= 4 is 40.6 Å². The molecule has 2 aliphatic heterocycles. The topological polar surface area (TPSA) is 91.7 Å². The molecular formula is C29H32ClFN8O2. The lowest BCUT2D eigenvalue weighted by Crippen LogP contribution is -2.49. The molecule has 0 atom stereocenters. The normalized spacial score (nSPS) is 16.2. The van der Waals surface area contributed by atoms with Crippen LogP contribution in [0.15, 0.2) is 54.9 Å². The monoisotopic (exact) mass is 578 g/mol. The van der Waals surface area contributed by atoms with Crippen LogP contribution in [0.1, 0.15) is 17.5 Å². The minimum Gasteiger partial charge on any atom is -0.378 e. The number of carbonyl (C=O) groups excluding carboxylic acids is 1. The highest BCUT2D eigenvalue weighted by Crippen LogP contribution is 2.26. The van der Waals surface area contributed by atoms with E-state index in [-0.39, 0.29) is 11.8 Å². The van der Waals surface area contributed by atoms with Gasteiger partial charge in [-0.25, -0.2) is 14.2 Å². The molecule has 2 aromatic heterocycles. The number of morpholine rings is 1. The Labute approximate surface area is 242 Å². The van der Waals surface area contributed by atoms with Crippen LogP contribution >= 0.6 is 11.6 Å². The van der Waals surface area contributed by atoms with Crippen LogP contribution in [0, 0.1) is 5.82 Å². The average Bonchev–Trinajstić information content (AvgIpc) is 3.24. The van der Waals surface area contributed by atoms with Crippen molar-refractivity contribution < 1.29 is 13.9 Å². The maximum absolute atomic E-state index is 13.4. The molecule has 4 heterocycles. The Hall–Kier alpha value is -3.96. The number of fused-ring (bicyclic) bond motifs is 1. The maximum atomic E-state index is 13.4. The summed E-state index contributed by atoms with van der Waals surface area (Å²) in [5.41, 5.74) is 3.20. The summed E-state index contributed by atoms with van der Waals surface area (Å²) < 4.78 is 20.8. The van der Waals surface area contributed by atoms with Crippen LogP contribution in [0.3, 0.4) is 0 Å². The van der Waals surface area contributed by atoms with Gasteiger partial charge in [0.2, 0.25) is 5.95 Å². The molecular weight excluding hydrogens is 547 g/mol. The van der Waals surface area contributed by atoms with E-state index in [1.54, 1.807) is 18.5 Å². The number of benzene rings is 2. The summed E-state index contributed by atoms with van der Waals surface area (Å²) in [5, 5.41) is 4.07. The Morgan fingerprint density at radius 2 is 1.73 bits per heavy atom. The van der Waals surface area contributed by atoms with E-state index in [2.05, 4.69) is 15.2 Å². The Bertz CT molecular complexity index is 1510. The zero-order valence-corrected chi connectivity index (χ0v) is 23.4. The van der Waals surface area contributed by atoms with Crippen LogP contribution in [-0.2, 0) is 17.8 Å². The molecule has 12 heteroatoms. The Kier molecular flexibility index (Phi) is 8.15. The lowest BCUT2D eigenvalue weighted by molar-refractivity contribution is 0.0438. The number of carbonyl (C=O) groups is 1. The van der Waals surface area contributed by atoms with Gasteiger partial charge in [0.25, 0.3) is 0 Å². The Morgan fingerprint density at radius 1 is 0.951 bits per heavy atom. The van der Waals surface area contributed by atoms with E-state index in [9.17, 15) is 9.18 Å². The number of hydrogen-bond acceptors (Lipinski definition) is 7. The Balaban J connectivity index is 1.28. The van der Waals surface area contributed by atoms with Gasteiger partial charge in [-0.15, -0.1) is 0 Å². The van der Waals surface area contributed by atoms with Crippen molar-refractivity contribution in [3.8, 4) is 0 Å². The summed E-state index contributed by atoms with van der Waals surface area (Å²) in [4.78, 5) is 33.5. The number of amides is 2. The van der Waals surface area contributed by atoms with Crippen molar-refractivity contribution in [1.29, 1.82) is 0 Å². The summed E-state index contributed by atoms with van der Waals surface area (Å²) >= 11 is 6.46. The second-order valence-electron chi connectivity index (χ2n) is 10.2. The van der Waals surface area contributed by atoms with E-state index in [4.69, 9.17) is 26.3 Å². The van der Waals surface area contributed by atoms with Crippen LogP contribution in [0.25, 0.3) is 11.2 Å². The van der Waals surface area contributed by atoms with Crippen molar-refractivity contribution in [3.63, 3.8) is 0 Å². The summed E-state index contributed by atoms with van der Waals surface area (Å²) in [7, 11) is 0. The van der Waals surface area contributed by atoms with Gasteiger partial charge in [-0.1, -0.05) is 41.9 Å².